The van der Waals surface area contributed by atoms with Crippen molar-refractivity contribution in [3.05, 3.63) is 35.9 Å². The van der Waals surface area contributed by atoms with Crippen molar-refractivity contribution in [2.45, 2.75) is 31.3 Å². The summed E-state index contributed by atoms with van der Waals surface area (Å²) in [4.78, 5) is 7.25. The van der Waals surface area contributed by atoms with Crippen LogP contribution in [0.15, 0.2) is 30.3 Å². The summed E-state index contributed by atoms with van der Waals surface area (Å²) in [6.45, 7) is 2.42. The first-order chi connectivity index (χ1) is 10.3. The van der Waals surface area contributed by atoms with Crippen LogP contribution in [0, 0.1) is 11.3 Å². The minimum atomic E-state index is 0.465. The Morgan fingerprint density at radius 3 is 3.05 bits per heavy atom. The monoisotopic (exact) mass is 278 g/mol. The van der Waals surface area contributed by atoms with Crippen LogP contribution in [0.2, 0.25) is 0 Å². The number of benzene rings is 1. The number of hydrogen-bond donors (Lipinski definition) is 1. The van der Waals surface area contributed by atoms with Gasteiger partial charge in [-0.3, -0.25) is 4.90 Å². The fraction of sp³-hybridized carbons (Fsp3) is 0.412. The third kappa shape index (κ3) is 2.14. The molecule has 2 unspecified atom stereocenters. The van der Waals surface area contributed by atoms with Gasteiger partial charge in [-0.05, 0) is 37.9 Å². The lowest BCUT2D eigenvalue weighted by Crippen LogP contribution is -2.34. The lowest BCUT2D eigenvalue weighted by Gasteiger charge is -2.22. The van der Waals surface area contributed by atoms with Crippen molar-refractivity contribution in [1.82, 2.24) is 9.88 Å². The number of hydrogen-bond acceptors (Lipinski definition) is 4. The molecule has 2 saturated heterocycles. The SMILES string of the molecule is N#Cc1cc(NC2CCN3CCCC23)nc2ccccc12. The van der Waals surface area contributed by atoms with Crippen molar-refractivity contribution >= 4 is 16.7 Å². The molecule has 0 aliphatic carbocycles. The van der Waals surface area contributed by atoms with Gasteiger partial charge in [0, 0.05) is 24.0 Å². The molecule has 0 spiro atoms. The average Bonchev–Trinajstić information content (AvgIpc) is 3.11. The summed E-state index contributed by atoms with van der Waals surface area (Å²) in [5.41, 5.74) is 1.59. The molecule has 1 aromatic carbocycles. The van der Waals surface area contributed by atoms with Crippen LogP contribution in [0.4, 0.5) is 5.82 Å². The standard InChI is InChI=1S/C17H18N4/c18-11-12-10-17(19-14-5-2-1-4-13(12)14)20-15-7-9-21-8-3-6-16(15)21/h1-2,4-5,10,15-16H,3,6-9H2,(H,19,20). The molecular weight excluding hydrogens is 260 g/mol. The van der Waals surface area contributed by atoms with Crippen LogP contribution in [0.25, 0.3) is 10.9 Å². The number of para-hydroxylation sites is 1. The molecule has 21 heavy (non-hydrogen) atoms. The smallest absolute Gasteiger partial charge is 0.128 e. The van der Waals surface area contributed by atoms with Gasteiger partial charge in [-0.2, -0.15) is 5.26 Å². The minimum absolute atomic E-state index is 0.465. The maximum atomic E-state index is 9.36. The van der Waals surface area contributed by atoms with E-state index in [1.807, 2.05) is 30.3 Å². The highest BCUT2D eigenvalue weighted by atomic mass is 15.2. The zero-order valence-electron chi connectivity index (χ0n) is 11.9. The molecule has 2 fully saturated rings. The van der Waals surface area contributed by atoms with Crippen LogP contribution >= 0.6 is 0 Å². The third-order valence-corrected chi connectivity index (χ3v) is 4.78. The second-order valence-corrected chi connectivity index (χ2v) is 5.97. The average molecular weight is 278 g/mol. The quantitative estimate of drug-likeness (QED) is 0.917. The Labute approximate surface area is 124 Å². The Bertz CT molecular complexity index is 718. The van der Waals surface area contributed by atoms with Crippen LogP contribution in [0.1, 0.15) is 24.8 Å². The molecule has 2 aromatic rings. The zero-order valence-corrected chi connectivity index (χ0v) is 11.9. The Morgan fingerprint density at radius 2 is 2.14 bits per heavy atom. The maximum Gasteiger partial charge on any atom is 0.128 e. The fourth-order valence-corrected chi connectivity index (χ4v) is 3.78. The van der Waals surface area contributed by atoms with Gasteiger partial charge in [0.2, 0.25) is 0 Å². The van der Waals surface area contributed by atoms with Gasteiger partial charge in [-0.15, -0.1) is 0 Å². The van der Waals surface area contributed by atoms with Crippen molar-refractivity contribution in [1.29, 1.82) is 5.26 Å². The molecule has 2 atom stereocenters. The molecule has 2 aliphatic heterocycles. The van der Waals surface area contributed by atoms with Gasteiger partial charge in [0.1, 0.15) is 5.82 Å². The molecule has 4 nitrogen and oxygen atoms in total. The van der Waals surface area contributed by atoms with E-state index in [2.05, 4.69) is 21.3 Å². The van der Waals surface area contributed by atoms with E-state index in [4.69, 9.17) is 0 Å². The van der Waals surface area contributed by atoms with Crippen molar-refractivity contribution in [3.8, 4) is 6.07 Å². The summed E-state index contributed by atoms with van der Waals surface area (Å²) in [7, 11) is 0. The van der Waals surface area contributed by atoms with Crippen molar-refractivity contribution in [2.24, 2.45) is 0 Å². The molecule has 3 heterocycles. The van der Waals surface area contributed by atoms with Crippen LogP contribution in [0.5, 0.6) is 0 Å². The van der Waals surface area contributed by atoms with E-state index < -0.39 is 0 Å². The number of aromatic nitrogens is 1. The molecule has 0 amide bonds. The van der Waals surface area contributed by atoms with E-state index in [-0.39, 0.29) is 0 Å². The number of nitrogens with zero attached hydrogens (tertiary/aromatic N) is 3. The molecule has 2 aliphatic rings. The molecule has 4 rings (SSSR count). The highest BCUT2D eigenvalue weighted by Crippen LogP contribution is 2.30. The number of nitriles is 1. The van der Waals surface area contributed by atoms with Gasteiger partial charge in [0.05, 0.1) is 17.1 Å². The number of nitrogens with one attached hydrogen (secondary N) is 1. The number of anilines is 1. The Kier molecular flexibility index (Phi) is 3.01. The topological polar surface area (TPSA) is 52.0 Å². The summed E-state index contributed by atoms with van der Waals surface area (Å²) in [5.74, 6) is 0.837. The molecule has 106 valence electrons. The molecule has 1 aromatic heterocycles. The third-order valence-electron chi connectivity index (χ3n) is 4.78. The van der Waals surface area contributed by atoms with Crippen LogP contribution in [0.3, 0.4) is 0 Å². The van der Waals surface area contributed by atoms with E-state index in [1.54, 1.807) is 0 Å². The first-order valence-electron chi connectivity index (χ1n) is 7.65. The summed E-state index contributed by atoms with van der Waals surface area (Å²) in [5, 5.41) is 13.9. The zero-order chi connectivity index (χ0) is 14.2. The van der Waals surface area contributed by atoms with E-state index in [1.165, 1.54) is 32.4 Å². The summed E-state index contributed by atoms with van der Waals surface area (Å²) in [6, 6.07) is 13.1. The van der Waals surface area contributed by atoms with Crippen molar-refractivity contribution in [2.75, 3.05) is 18.4 Å². The van der Waals surface area contributed by atoms with E-state index in [9.17, 15) is 5.26 Å². The molecular formula is C17H18N4. The van der Waals surface area contributed by atoms with Crippen LogP contribution < -0.4 is 5.32 Å². The van der Waals surface area contributed by atoms with Gasteiger partial charge >= 0.3 is 0 Å². The molecule has 0 bridgehead atoms. The second kappa shape index (κ2) is 5.01. The predicted octanol–water partition coefficient (Wildman–Crippen LogP) is 2.76. The number of pyridine rings is 1. The van der Waals surface area contributed by atoms with Crippen LogP contribution in [-0.2, 0) is 0 Å². The van der Waals surface area contributed by atoms with E-state index in [0.717, 1.165) is 16.7 Å². The second-order valence-electron chi connectivity index (χ2n) is 5.97. The van der Waals surface area contributed by atoms with E-state index in [0.29, 0.717) is 17.6 Å². The lowest BCUT2D eigenvalue weighted by molar-refractivity contribution is 0.318. The Morgan fingerprint density at radius 1 is 1.24 bits per heavy atom. The fourth-order valence-electron chi connectivity index (χ4n) is 3.78. The first-order valence-corrected chi connectivity index (χ1v) is 7.65. The molecule has 4 heteroatoms. The van der Waals surface area contributed by atoms with Crippen molar-refractivity contribution in [3.63, 3.8) is 0 Å². The number of fused-ring (bicyclic) bond motifs is 2. The highest BCUT2D eigenvalue weighted by molar-refractivity contribution is 5.86. The number of rotatable bonds is 2. The van der Waals surface area contributed by atoms with Gasteiger partial charge in [0.15, 0.2) is 0 Å². The summed E-state index contributed by atoms with van der Waals surface area (Å²) < 4.78 is 0. The summed E-state index contributed by atoms with van der Waals surface area (Å²) in [6.07, 6.45) is 3.74. The highest BCUT2D eigenvalue weighted by Gasteiger charge is 2.37. The largest absolute Gasteiger partial charge is 0.366 e. The Hall–Kier alpha value is -2.12. The van der Waals surface area contributed by atoms with Gasteiger partial charge < -0.3 is 5.32 Å². The molecule has 1 N–H and O–H groups in total. The molecule has 0 saturated carbocycles. The maximum absolute atomic E-state index is 9.36. The Balaban J connectivity index is 1.66. The summed E-state index contributed by atoms with van der Waals surface area (Å²) >= 11 is 0. The van der Waals surface area contributed by atoms with Crippen LogP contribution in [-0.4, -0.2) is 35.1 Å². The minimum Gasteiger partial charge on any atom is -0.366 e. The lowest BCUT2D eigenvalue weighted by atomic mass is 10.1. The van der Waals surface area contributed by atoms with E-state index >= 15 is 0 Å². The predicted molar refractivity (Wildman–Crippen MR) is 83.1 cm³/mol. The first kappa shape index (κ1) is 12.6. The normalized spacial score (nSPS) is 24.9. The molecule has 0 radical (unpaired) electrons. The van der Waals surface area contributed by atoms with Crippen molar-refractivity contribution < 1.29 is 0 Å². The van der Waals surface area contributed by atoms with Gasteiger partial charge in [-0.25, -0.2) is 4.98 Å². The van der Waals surface area contributed by atoms with Gasteiger partial charge in [-0.1, -0.05) is 18.2 Å². The van der Waals surface area contributed by atoms with Gasteiger partial charge in [0.25, 0.3) is 0 Å².